The minimum Gasteiger partial charge on any atom is -0.497 e. The molecule has 2 aromatic carbocycles. The monoisotopic (exact) mass is 353 g/mol. The molecule has 0 radical (unpaired) electrons. The lowest BCUT2D eigenvalue weighted by molar-refractivity contribution is 0.102. The Morgan fingerprint density at radius 3 is 2.56 bits per heavy atom. The van der Waals surface area contributed by atoms with Crippen molar-refractivity contribution in [2.75, 3.05) is 12.4 Å². The number of amides is 1. The molecule has 0 aromatic heterocycles. The van der Waals surface area contributed by atoms with Crippen LogP contribution < -0.4 is 10.1 Å². The minimum absolute atomic E-state index is 0.125. The van der Waals surface area contributed by atoms with Crippen LogP contribution in [0.1, 0.15) is 10.4 Å². The van der Waals surface area contributed by atoms with E-state index >= 15 is 0 Å². The summed E-state index contributed by atoms with van der Waals surface area (Å²) in [6, 6.07) is 14.7. The molecular formula is C14H12INO2. The maximum atomic E-state index is 12.0. The first kappa shape index (κ1) is 12.9. The van der Waals surface area contributed by atoms with Crippen LogP contribution in [-0.4, -0.2) is 13.0 Å². The number of carbonyl (C=O) groups is 1. The summed E-state index contributed by atoms with van der Waals surface area (Å²) in [7, 11) is 1.60. The van der Waals surface area contributed by atoms with Crippen LogP contribution in [0.15, 0.2) is 48.5 Å². The molecule has 0 aliphatic carbocycles. The Bertz CT molecular complexity index is 552. The van der Waals surface area contributed by atoms with E-state index in [1.54, 1.807) is 25.3 Å². The molecule has 0 saturated heterocycles. The number of benzene rings is 2. The Morgan fingerprint density at radius 2 is 1.89 bits per heavy atom. The van der Waals surface area contributed by atoms with Crippen LogP contribution in [0.5, 0.6) is 5.75 Å². The van der Waals surface area contributed by atoms with Crippen molar-refractivity contribution >= 4 is 34.2 Å². The Balaban J connectivity index is 2.13. The molecule has 0 unspecified atom stereocenters. The summed E-state index contributed by atoms with van der Waals surface area (Å²) in [5.74, 6) is 0.593. The minimum atomic E-state index is -0.125. The first-order valence-corrected chi connectivity index (χ1v) is 6.48. The molecule has 2 aromatic rings. The van der Waals surface area contributed by atoms with Gasteiger partial charge in [0.15, 0.2) is 0 Å². The number of methoxy groups -OCH3 is 1. The zero-order valence-electron chi connectivity index (χ0n) is 9.81. The van der Waals surface area contributed by atoms with Crippen LogP contribution in [0, 0.1) is 3.57 Å². The topological polar surface area (TPSA) is 38.3 Å². The van der Waals surface area contributed by atoms with Gasteiger partial charge in [-0.1, -0.05) is 6.07 Å². The Labute approximate surface area is 119 Å². The van der Waals surface area contributed by atoms with Gasteiger partial charge in [0.25, 0.3) is 5.91 Å². The van der Waals surface area contributed by atoms with E-state index in [-0.39, 0.29) is 5.91 Å². The Hall–Kier alpha value is -1.56. The average Bonchev–Trinajstić information content (AvgIpc) is 2.39. The van der Waals surface area contributed by atoms with Crippen LogP contribution in [0.25, 0.3) is 0 Å². The Morgan fingerprint density at radius 1 is 1.17 bits per heavy atom. The molecular weight excluding hydrogens is 341 g/mol. The predicted molar refractivity (Wildman–Crippen MR) is 80.1 cm³/mol. The highest BCUT2D eigenvalue weighted by molar-refractivity contribution is 14.1. The molecule has 0 heterocycles. The van der Waals surface area contributed by atoms with Gasteiger partial charge >= 0.3 is 0 Å². The van der Waals surface area contributed by atoms with Crippen LogP contribution in [0.3, 0.4) is 0 Å². The molecule has 3 nitrogen and oxygen atoms in total. The summed E-state index contributed by atoms with van der Waals surface area (Å²) in [4.78, 5) is 12.0. The van der Waals surface area contributed by atoms with E-state index in [0.717, 1.165) is 15.0 Å². The van der Waals surface area contributed by atoms with Gasteiger partial charge < -0.3 is 10.1 Å². The number of nitrogens with one attached hydrogen (secondary N) is 1. The van der Waals surface area contributed by atoms with Crippen LogP contribution in [-0.2, 0) is 0 Å². The van der Waals surface area contributed by atoms with Gasteiger partial charge in [0.2, 0.25) is 0 Å². The second-order valence-corrected chi connectivity index (χ2v) is 4.94. The number of halogens is 1. The number of hydrogen-bond acceptors (Lipinski definition) is 2. The second kappa shape index (κ2) is 5.86. The lowest BCUT2D eigenvalue weighted by Crippen LogP contribution is -2.11. The van der Waals surface area contributed by atoms with E-state index in [1.165, 1.54) is 0 Å². The molecule has 92 valence electrons. The number of rotatable bonds is 3. The fraction of sp³-hybridized carbons (Fsp3) is 0.0714. The van der Waals surface area contributed by atoms with Crippen molar-refractivity contribution in [2.45, 2.75) is 0 Å². The van der Waals surface area contributed by atoms with E-state index in [9.17, 15) is 4.79 Å². The highest BCUT2D eigenvalue weighted by Gasteiger charge is 2.06. The molecule has 1 N–H and O–H groups in total. The number of anilines is 1. The van der Waals surface area contributed by atoms with Crippen molar-refractivity contribution in [2.24, 2.45) is 0 Å². The first-order valence-electron chi connectivity index (χ1n) is 5.40. The van der Waals surface area contributed by atoms with Gasteiger partial charge in [0.1, 0.15) is 5.75 Å². The quantitative estimate of drug-likeness (QED) is 0.857. The van der Waals surface area contributed by atoms with Crippen molar-refractivity contribution in [3.63, 3.8) is 0 Å². The maximum absolute atomic E-state index is 12.0. The normalized spacial score (nSPS) is 9.89. The lowest BCUT2D eigenvalue weighted by atomic mass is 10.2. The molecule has 18 heavy (non-hydrogen) atoms. The van der Waals surface area contributed by atoms with Crippen LogP contribution >= 0.6 is 22.6 Å². The molecule has 0 fully saturated rings. The molecule has 0 saturated carbocycles. The zero-order valence-corrected chi connectivity index (χ0v) is 12.0. The molecule has 0 bridgehead atoms. The Kier molecular flexibility index (Phi) is 4.19. The standard InChI is InChI=1S/C14H12INO2/c1-18-13-4-2-3-12(9-13)16-14(17)10-5-7-11(15)8-6-10/h2-9H,1H3,(H,16,17). The third-order valence-electron chi connectivity index (χ3n) is 2.43. The fourth-order valence-electron chi connectivity index (χ4n) is 1.51. The summed E-state index contributed by atoms with van der Waals surface area (Å²) in [6.07, 6.45) is 0. The van der Waals surface area contributed by atoms with Gasteiger partial charge in [-0.25, -0.2) is 0 Å². The highest BCUT2D eigenvalue weighted by Crippen LogP contribution is 2.17. The van der Waals surface area contributed by atoms with Gasteiger partial charge in [-0.05, 0) is 59.0 Å². The predicted octanol–water partition coefficient (Wildman–Crippen LogP) is 3.55. The molecule has 0 aliphatic heterocycles. The van der Waals surface area contributed by atoms with E-state index in [2.05, 4.69) is 27.9 Å². The second-order valence-electron chi connectivity index (χ2n) is 3.69. The zero-order chi connectivity index (χ0) is 13.0. The highest BCUT2D eigenvalue weighted by atomic mass is 127. The summed E-state index contributed by atoms with van der Waals surface area (Å²) in [5.41, 5.74) is 1.36. The van der Waals surface area contributed by atoms with Gasteiger partial charge in [0, 0.05) is 20.9 Å². The lowest BCUT2D eigenvalue weighted by Gasteiger charge is -2.07. The van der Waals surface area contributed by atoms with E-state index < -0.39 is 0 Å². The first-order chi connectivity index (χ1) is 8.69. The van der Waals surface area contributed by atoms with Crippen LogP contribution in [0.2, 0.25) is 0 Å². The van der Waals surface area contributed by atoms with Crippen molar-refractivity contribution in [1.29, 1.82) is 0 Å². The molecule has 2 rings (SSSR count). The van der Waals surface area contributed by atoms with Crippen molar-refractivity contribution in [3.8, 4) is 5.75 Å². The van der Waals surface area contributed by atoms with Gasteiger partial charge in [0.05, 0.1) is 7.11 Å². The summed E-state index contributed by atoms with van der Waals surface area (Å²) in [5, 5.41) is 2.83. The SMILES string of the molecule is COc1cccc(NC(=O)c2ccc(I)cc2)c1. The van der Waals surface area contributed by atoms with E-state index in [4.69, 9.17) is 4.74 Å². The van der Waals surface area contributed by atoms with Crippen molar-refractivity contribution < 1.29 is 9.53 Å². The number of hydrogen-bond donors (Lipinski definition) is 1. The number of ether oxygens (including phenoxy) is 1. The summed E-state index contributed by atoms with van der Waals surface area (Å²) in [6.45, 7) is 0. The van der Waals surface area contributed by atoms with Crippen LogP contribution in [0.4, 0.5) is 5.69 Å². The average molecular weight is 353 g/mol. The smallest absolute Gasteiger partial charge is 0.255 e. The third-order valence-corrected chi connectivity index (χ3v) is 3.15. The molecule has 0 atom stereocenters. The molecule has 1 amide bonds. The largest absolute Gasteiger partial charge is 0.497 e. The number of carbonyl (C=O) groups excluding carboxylic acids is 1. The van der Waals surface area contributed by atoms with Gasteiger partial charge in [-0.2, -0.15) is 0 Å². The van der Waals surface area contributed by atoms with Gasteiger partial charge in [-0.3, -0.25) is 4.79 Å². The van der Waals surface area contributed by atoms with Crippen molar-refractivity contribution in [3.05, 3.63) is 57.7 Å². The van der Waals surface area contributed by atoms with E-state index in [0.29, 0.717) is 5.56 Å². The summed E-state index contributed by atoms with van der Waals surface area (Å²) >= 11 is 2.20. The van der Waals surface area contributed by atoms with E-state index in [1.807, 2.05) is 30.3 Å². The van der Waals surface area contributed by atoms with Gasteiger partial charge in [-0.15, -0.1) is 0 Å². The fourth-order valence-corrected chi connectivity index (χ4v) is 1.86. The molecule has 4 heteroatoms. The molecule has 0 aliphatic rings. The molecule has 0 spiro atoms. The third kappa shape index (κ3) is 3.22. The summed E-state index contributed by atoms with van der Waals surface area (Å²) < 4.78 is 6.21. The van der Waals surface area contributed by atoms with Crippen molar-refractivity contribution in [1.82, 2.24) is 0 Å². The maximum Gasteiger partial charge on any atom is 0.255 e.